The van der Waals surface area contributed by atoms with Crippen LogP contribution in [0.1, 0.15) is 51.3 Å². The van der Waals surface area contributed by atoms with Gasteiger partial charge < -0.3 is 9.88 Å². The highest BCUT2D eigenvalue weighted by atomic mass is 15.3. The summed E-state index contributed by atoms with van der Waals surface area (Å²) in [6, 6.07) is 0.715. The number of hydrogen-bond acceptors (Lipinski definition) is 4. The van der Waals surface area contributed by atoms with E-state index in [9.17, 15) is 0 Å². The quantitative estimate of drug-likeness (QED) is 0.843. The van der Waals surface area contributed by atoms with Gasteiger partial charge in [0, 0.05) is 25.7 Å². The van der Waals surface area contributed by atoms with Gasteiger partial charge in [-0.1, -0.05) is 26.2 Å². The lowest BCUT2D eigenvalue weighted by Crippen LogP contribution is -2.44. The average molecular weight is 291 g/mol. The molecule has 5 heteroatoms. The molecule has 0 bridgehead atoms. The molecule has 2 unspecified atom stereocenters. The summed E-state index contributed by atoms with van der Waals surface area (Å²) in [7, 11) is 0. The summed E-state index contributed by atoms with van der Waals surface area (Å²) in [5.41, 5.74) is 0. The summed E-state index contributed by atoms with van der Waals surface area (Å²) >= 11 is 0. The Morgan fingerprint density at radius 1 is 1.24 bits per heavy atom. The van der Waals surface area contributed by atoms with Crippen molar-refractivity contribution in [2.24, 2.45) is 5.92 Å². The fraction of sp³-hybridized carbons (Fsp3) is 0.875. The van der Waals surface area contributed by atoms with Gasteiger partial charge in [-0.25, -0.2) is 0 Å². The maximum Gasteiger partial charge on any atom is 0.147 e. The van der Waals surface area contributed by atoms with Crippen molar-refractivity contribution >= 4 is 0 Å². The lowest BCUT2D eigenvalue weighted by molar-refractivity contribution is 0.160. The van der Waals surface area contributed by atoms with Crippen LogP contribution in [0.4, 0.5) is 0 Å². The topological polar surface area (TPSA) is 46.0 Å². The van der Waals surface area contributed by atoms with Crippen molar-refractivity contribution in [1.82, 2.24) is 25.0 Å². The third-order valence-electron chi connectivity index (χ3n) is 5.03. The van der Waals surface area contributed by atoms with Crippen molar-refractivity contribution in [3.63, 3.8) is 0 Å². The Balaban J connectivity index is 1.58. The van der Waals surface area contributed by atoms with Crippen LogP contribution < -0.4 is 5.32 Å². The van der Waals surface area contributed by atoms with Gasteiger partial charge in [0.1, 0.15) is 12.2 Å². The highest BCUT2D eigenvalue weighted by Gasteiger charge is 2.27. The van der Waals surface area contributed by atoms with Gasteiger partial charge in [-0.05, 0) is 31.7 Å². The van der Waals surface area contributed by atoms with Gasteiger partial charge in [0.25, 0.3) is 0 Å². The molecule has 1 N–H and O–H groups in total. The Kier molecular flexibility index (Phi) is 5.25. The molecule has 1 saturated carbocycles. The molecule has 1 fully saturated rings. The molecule has 5 nitrogen and oxygen atoms in total. The zero-order chi connectivity index (χ0) is 14.5. The first-order valence-electron chi connectivity index (χ1n) is 8.69. The first-order valence-corrected chi connectivity index (χ1v) is 8.69. The fourth-order valence-electron chi connectivity index (χ4n) is 3.81. The normalized spacial score (nSPS) is 27.3. The van der Waals surface area contributed by atoms with Gasteiger partial charge >= 0.3 is 0 Å². The number of rotatable bonds is 5. The molecule has 0 aromatic carbocycles. The zero-order valence-electron chi connectivity index (χ0n) is 13.3. The monoisotopic (exact) mass is 291 g/mol. The Hall–Kier alpha value is -0.940. The summed E-state index contributed by atoms with van der Waals surface area (Å²) in [6.45, 7) is 7.79. The first kappa shape index (κ1) is 15.0. The molecule has 3 rings (SSSR count). The van der Waals surface area contributed by atoms with E-state index in [1.807, 2.05) is 6.33 Å². The third-order valence-corrected chi connectivity index (χ3v) is 5.03. The van der Waals surface area contributed by atoms with E-state index in [0.717, 1.165) is 37.9 Å². The van der Waals surface area contributed by atoms with Gasteiger partial charge in [-0.3, -0.25) is 4.90 Å². The Morgan fingerprint density at radius 2 is 2.14 bits per heavy atom. The summed E-state index contributed by atoms with van der Waals surface area (Å²) in [4.78, 5) is 2.58. The molecule has 1 aliphatic carbocycles. The van der Waals surface area contributed by atoms with E-state index in [0.29, 0.717) is 6.04 Å². The predicted molar refractivity (Wildman–Crippen MR) is 84.0 cm³/mol. The predicted octanol–water partition coefficient (Wildman–Crippen LogP) is 2.04. The molecule has 1 aromatic rings. The molecular weight excluding hydrogens is 262 g/mol. The van der Waals surface area contributed by atoms with Gasteiger partial charge in [0.15, 0.2) is 0 Å². The van der Waals surface area contributed by atoms with Crippen LogP contribution in [0.3, 0.4) is 0 Å². The van der Waals surface area contributed by atoms with E-state index in [4.69, 9.17) is 0 Å². The number of nitrogens with one attached hydrogen (secondary N) is 1. The van der Waals surface area contributed by atoms with Crippen LogP contribution in [0.2, 0.25) is 0 Å². The number of nitrogens with zero attached hydrogens (tertiary/aromatic N) is 4. The molecule has 2 atom stereocenters. The molecular formula is C16H29N5. The lowest BCUT2D eigenvalue weighted by Gasteiger charge is -2.34. The van der Waals surface area contributed by atoms with Crippen LogP contribution in [0.5, 0.6) is 0 Å². The molecule has 2 aliphatic rings. The van der Waals surface area contributed by atoms with Crippen molar-refractivity contribution in [1.29, 1.82) is 0 Å². The minimum absolute atomic E-state index is 0.715. The van der Waals surface area contributed by atoms with E-state index in [2.05, 4.69) is 31.9 Å². The first-order chi connectivity index (χ1) is 10.4. The second-order valence-electron chi connectivity index (χ2n) is 6.63. The minimum Gasteiger partial charge on any atom is -0.315 e. The molecule has 0 radical (unpaired) electrons. The number of aromatic nitrogens is 3. The molecule has 2 heterocycles. The minimum atomic E-state index is 0.715. The smallest absolute Gasteiger partial charge is 0.147 e. The summed E-state index contributed by atoms with van der Waals surface area (Å²) < 4.78 is 2.19. The van der Waals surface area contributed by atoms with E-state index in [1.165, 1.54) is 45.1 Å². The number of hydrogen-bond donors (Lipinski definition) is 1. The van der Waals surface area contributed by atoms with Crippen LogP contribution >= 0.6 is 0 Å². The van der Waals surface area contributed by atoms with Crippen LogP contribution in [-0.4, -0.2) is 45.3 Å². The largest absolute Gasteiger partial charge is 0.315 e. The lowest BCUT2D eigenvalue weighted by atomic mass is 9.93. The Bertz CT molecular complexity index is 430. The van der Waals surface area contributed by atoms with Gasteiger partial charge in [-0.15, -0.1) is 10.2 Å². The standard InChI is InChI=1S/C16H29N5/c1-2-8-17-15-7-5-3-4-6-14(15)11-20-9-10-21-13-18-19-16(21)12-20/h13-15,17H,2-12H2,1H3. The molecule has 0 spiro atoms. The van der Waals surface area contributed by atoms with Crippen molar-refractivity contribution in [3.8, 4) is 0 Å². The molecule has 1 aromatic heterocycles. The maximum atomic E-state index is 4.24. The second-order valence-corrected chi connectivity index (χ2v) is 6.63. The highest BCUT2D eigenvalue weighted by molar-refractivity contribution is 4.91. The third kappa shape index (κ3) is 3.83. The maximum absolute atomic E-state index is 4.24. The SMILES string of the molecule is CCCNC1CCCCCC1CN1CCn2cnnc2C1. The second kappa shape index (κ2) is 7.36. The fourth-order valence-corrected chi connectivity index (χ4v) is 3.81. The average Bonchev–Trinajstić information content (AvgIpc) is 2.85. The van der Waals surface area contributed by atoms with E-state index >= 15 is 0 Å². The van der Waals surface area contributed by atoms with Crippen molar-refractivity contribution < 1.29 is 0 Å². The van der Waals surface area contributed by atoms with Crippen LogP contribution in [0, 0.1) is 5.92 Å². The Morgan fingerprint density at radius 3 is 3.05 bits per heavy atom. The highest BCUT2D eigenvalue weighted by Crippen LogP contribution is 2.25. The van der Waals surface area contributed by atoms with Crippen molar-refractivity contribution in [2.75, 3.05) is 19.6 Å². The van der Waals surface area contributed by atoms with Crippen LogP contribution in [-0.2, 0) is 13.1 Å². The van der Waals surface area contributed by atoms with E-state index in [1.54, 1.807) is 0 Å². The van der Waals surface area contributed by atoms with E-state index in [-0.39, 0.29) is 0 Å². The zero-order valence-corrected chi connectivity index (χ0v) is 13.3. The van der Waals surface area contributed by atoms with Crippen molar-refractivity contribution in [3.05, 3.63) is 12.2 Å². The van der Waals surface area contributed by atoms with Gasteiger partial charge in [-0.2, -0.15) is 0 Å². The van der Waals surface area contributed by atoms with Gasteiger partial charge in [0.2, 0.25) is 0 Å². The van der Waals surface area contributed by atoms with Crippen LogP contribution in [0.15, 0.2) is 6.33 Å². The molecule has 0 saturated heterocycles. The van der Waals surface area contributed by atoms with Crippen LogP contribution in [0.25, 0.3) is 0 Å². The van der Waals surface area contributed by atoms with Crippen molar-refractivity contribution in [2.45, 2.75) is 64.6 Å². The molecule has 0 amide bonds. The number of fused-ring (bicyclic) bond motifs is 1. The summed E-state index contributed by atoms with van der Waals surface area (Å²) in [6.07, 6.45) is 10.0. The van der Waals surface area contributed by atoms with E-state index < -0.39 is 0 Å². The molecule has 21 heavy (non-hydrogen) atoms. The molecule has 118 valence electrons. The summed E-state index contributed by atoms with van der Waals surface area (Å²) in [5.74, 6) is 1.93. The Labute approximate surface area is 128 Å². The summed E-state index contributed by atoms with van der Waals surface area (Å²) in [5, 5.41) is 12.1. The van der Waals surface area contributed by atoms with Gasteiger partial charge in [0.05, 0.1) is 6.54 Å². The molecule has 1 aliphatic heterocycles.